The van der Waals surface area contributed by atoms with E-state index in [1.165, 1.54) is 7.11 Å². The molecule has 7 nitrogen and oxygen atoms in total. The first kappa shape index (κ1) is 20.7. The van der Waals surface area contributed by atoms with Crippen LogP contribution in [0.3, 0.4) is 0 Å². The van der Waals surface area contributed by atoms with E-state index in [-0.39, 0.29) is 17.6 Å². The van der Waals surface area contributed by atoms with Crippen molar-refractivity contribution in [3.8, 4) is 11.5 Å². The number of carbonyl (C=O) groups excluding carboxylic acids is 2. The summed E-state index contributed by atoms with van der Waals surface area (Å²) in [6.07, 6.45) is 4.08. The van der Waals surface area contributed by atoms with Crippen LogP contribution < -0.4 is 9.47 Å². The normalized spacial score (nSPS) is 21.1. The molecule has 1 atom stereocenters. The Morgan fingerprint density at radius 2 is 2.09 bits per heavy atom. The molecule has 0 bridgehead atoms. The van der Waals surface area contributed by atoms with Gasteiger partial charge < -0.3 is 18.9 Å². The van der Waals surface area contributed by atoms with Gasteiger partial charge in [-0.05, 0) is 55.2 Å². The number of methoxy groups -OCH3 is 1. The predicted octanol–water partition coefficient (Wildman–Crippen LogP) is 3.73. The maximum Gasteiger partial charge on any atom is 0.337 e. The molecule has 1 fully saturated rings. The lowest BCUT2D eigenvalue weighted by Gasteiger charge is -2.31. The Balaban J connectivity index is 1.41. The number of Topliss-reactive ketones (excluding diaryl/α,β-unsaturated/α-hetero) is 1. The van der Waals surface area contributed by atoms with Gasteiger partial charge in [-0.1, -0.05) is 12.1 Å². The van der Waals surface area contributed by atoms with Gasteiger partial charge in [-0.15, -0.1) is 0 Å². The Bertz CT molecular complexity index is 1100. The summed E-state index contributed by atoms with van der Waals surface area (Å²) in [4.78, 5) is 27.0. The molecule has 0 radical (unpaired) electrons. The lowest BCUT2D eigenvalue weighted by atomic mass is 9.98. The Hall–Kier alpha value is -3.16. The minimum atomic E-state index is -0.403. The molecule has 3 heterocycles. The maximum absolute atomic E-state index is 13.1. The number of carbonyl (C=O) groups is 2. The highest BCUT2D eigenvalue weighted by atomic mass is 16.5. The van der Waals surface area contributed by atoms with Gasteiger partial charge in [0.1, 0.15) is 18.2 Å². The molecule has 3 aliphatic rings. The summed E-state index contributed by atoms with van der Waals surface area (Å²) >= 11 is 0. The van der Waals surface area contributed by atoms with Gasteiger partial charge in [0, 0.05) is 19.7 Å². The minimum absolute atomic E-state index is 0.145. The quantitative estimate of drug-likeness (QED) is 0.535. The van der Waals surface area contributed by atoms with E-state index in [1.54, 1.807) is 30.3 Å². The third-order valence-corrected chi connectivity index (χ3v) is 6.10. The van der Waals surface area contributed by atoms with Crippen LogP contribution in [0.5, 0.6) is 11.5 Å². The highest BCUT2D eigenvalue weighted by Gasteiger charge is 2.36. The summed E-state index contributed by atoms with van der Waals surface area (Å²) < 4.78 is 22.6. The lowest BCUT2D eigenvalue weighted by Crippen LogP contribution is -2.37. The average Bonchev–Trinajstić information content (AvgIpc) is 3.43. The molecule has 0 aliphatic carbocycles. The van der Waals surface area contributed by atoms with Crippen molar-refractivity contribution in [1.29, 1.82) is 0 Å². The van der Waals surface area contributed by atoms with Crippen molar-refractivity contribution in [1.82, 2.24) is 4.90 Å². The monoisotopic (exact) mass is 435 g/mol. The van der Waals surface area contributed by atoms with Crippen molar-refractivity contribution in [2.45, 2.75) is 32.4 Å². The molecule has 166 valence electrons. The number of nitrogens with zero attached hydrogens (tertiary/aromatic N) is 1. The Labute approximate surface area is 186 Å². The van der Waals surface area contributed by atoms with Crippen LogP contribution in [0.15, 0.2) is 36.1 Å². The molecule has 1 saturated heterocycles. The number of allylic oxidation sites excluding steroid dienone is 1. The lowest BCUT2D eigenvalue weighted by molar-refractivity contribution is 0.0273. The molecule has 0 saturated carbocycles. The molecule has 0 N–H and O–H groups in total. The first-order chi connectivity index (χ1) is 15.5. The molecule has 32 heavy (non-hydrogen) atoms. The smallest absolute Gasteiger partial charge is 0.337 e. The van der Waals surface area contributed by atoms with Crippen LogP contribution in [-0.2, 0) is 16.0 Å². The van der Waals surface area contributed by atoms with E-state index >= 15 is 0 Å². The summed E-state index contributed by atoms with van der Waals surface area (Å²) in [6.45, 7) is 4.65. The molecular weight excluding hydrogens is 410 g/mol. The van der Waals surface area contributed by atoms with Gasteiger partial charge in [-0.2, -0.15) is 0 Å². The fraction of sp³-hybridized carbons (Fsp3) is 0.360. The van der Waals surface area contributed by atoms with Crippen LogP contribution >= 0.6 is 0 Å². The van der Waals surface area contributed by atoms with Crippen LogP contribution in [0.25, 0.3) is 6.08 Å². The van der Waals surface area contributed by atoms with Crippen LogP contribution in [0, 0.1) is 6.92 Å². The number of rotatable bonds is 4. The summed E-state index contributed by atoms with van der Waals surface area (Å²) in [5, 5.41) is 0. The Kier molecular flexibility index (Phi) is 5.45. The van der Waals surface area contributed by atoms with Gasteiger partial charge in [0.2, 0.25) is 5.78 Å². The number of ketones is 1. The molecule has 2 aromatic carbocycles. The van der Waals surface area contributed by atoms with Gasteiger partial charge >= 0.3 is 5.97 Å². The zero-order chi connectivity index (χ0) is 22.2. The number of ether oxygens (including phenoxy) is 4. The Morgan fingerprint density at radius 3 is 2.81 bits per heavy atom. The van der Waals surface area contributed by atoms with E-state index in [4.69, 9.17) is 18.9 Å². The molecular formula is C25H25NO6. The summed E-state index contributed by atoms with van der Waals surface area (Å²) in [6, 6.07) is 8.76. The zero-order valence-electron chi connectivity index (χ0n) is 18.2. The molecule has 0 aromatic heterocycles. The van der Waals surface area contributed by atoms with E-state index in [1.807, 2.05) is 13.0 Å². The summed E-state index contributed by atoms with van der Waals surface area (Å²) in [7, 11) is 1.34. The number of aryl methyl sites for hydroxylation is 1. The highest BCUT2D eigenvalue weighted by Crippen LogP contribution is 2.44. The van der Waals surface area contributed by atoms with Gasteiger partial charge in [0.15, 0.2) is 5.76 Å². The van der Waals surface area contributed by atoms with Crippen molar-refractivity contribution >= 4 is 17.8 Å². The van der Waals surface area contributed by atoms with Crippen LogP contribution in [0.2, 0.25) is 0 Å². The third-order valence-electron chi connectivity index (χ3n) is 6.10. The van der Waals surface area contributed by atoms with E-state index < -0.39 is 5.97 Å². The molecule has 1 unspecified atom stereocenters. The number of esters is 1. The Morgan fingerprint density at radius 1 is 1.28 bits per heavy atom. The zero-order valence-corrected chi connectivity index (χ0v) is 18.2. The molecule has 3 aliphatic heterocycles. The van der Waals surface area contributed by atoms with Crippen molar-refractivity contribution < 1.29 is 28.5 Å². The van der Waals surface area contributed by atoms with E-state index in [0.717, 1.165) is 48.4 Å². The molecule has 5 rings (SSSR count). The second-order valence-electron chi connectivity index (χ2n) is 8.35. The highest BCUT2D eigenvalue weighted by molar-refractivity contribution is 6.16. The maximum atomic E-state index is 13.1. The predicted molar refractivity (Wildman–Crippen MR) is 117 cm³/mol. The second-order valence-corrected chi connectivity index (χ2v) is 8.35. The SMILES string of the molecule is COC(=O)c1ccc(/C=C2\Oc3c4c(cc(C)c3C2=O)OCN(CC2CCCO2)C4)cc1. The fourth-order valence-electron chi connectivity index (χ4n) is 4.45. The standard InChI is InChI=1S/C25H25NO6/c1-15-10-20-19(13-26(14-31-20)12-18-4-3-9-30-18)24-22(15)23(27)21(32-24)11-16-5-7-17(8-6-16)25(28)29-2/h5-8,10-11,18H,3-4,9,12-14H2,1-2H3/b21-11-. The fourth-order valence-corrected chi connectivity index (χ4v) is 4.45. The first-order valence-electron chi connectivity index (χ1n) is 10.8. The van der Waals surface area contributed by atoms with E-state index in [2.05, 4.69) is 4.90 Å². The first-order valence-corrected chi connectivity index (χ1v) is 10.8. The molecule has 0 spiro atoms. The van der Waals surface area contributed by atoms with E-state index in [0.29, 0.717) is 30.2 Å². The summed E-state index contributed by atoms with van der Waals surface area (Å²) in [5.41, 5.74) is 3.53. The topological polar surface area (TPSA) is 74.3 Å². The molecule has 2 aromatic rings. The number of fused-ring (bicyclic) bond motifs is 3. The largest absolute Gasteiger partial charge is 0.478 e. The van der Waals surface area contributed by atoms with Crippen LogP contribution in [0.1, 0.15) is 50.2 Å². The number of benzene rings is 2. The van der Waals surface area contributed by atoms with Gasteiger partial charge in [0.25, 0.3) is 0 Å². The second kappa shape index (κ2) is 8.41. The van der Waals surface area contributed by atoms with Gasteiger partial charge in [0.05, 0.1) is 29.9 Å². The van der Waals surface area contributed by atoms with Crippen molar-refractivity contribution in [3.05, 3.63) is 63.9 Å². The number of hydrogen-bond acceptors (Lipinski definition) is 7. The molecule has 0 amide bonds. The summed E-state index contributed by atoms with van der Waals surface area (Å²) in [5.74, 6) is 1.06. The minimum Gasteiger partial charge on any atom is -0.478 e. The van der Waals surface area contributed by atoms with Crippen LogP contribution in [0.4, 0.5) is 0 Å². The van der Waals surface area contributed by atoms with Crippen molar-refractivity contribution in [2.24, 2.45) is 0 Å². The molecule has 7 heteroatoms. The third kappa shape index (κ3) is 3.78. The van der Waals surface area contributed by atoms with Crippen molar-refractivity contribution in [2.75, 3.05) is 27.0 Å². The van der Waals surface area contributed by atoms with Gasteiger partial charge in [-0.25, -0.2) is 4.79 Å². The van der Waals surface area contributed by atoms with E-state index in [9.17, 15) is 9.59 Å². The van der Waals surface area contributed by atoms with Crippen LogP contribution in [-0.4, -0.2) is 49.7 Å². The number of hydrogen-bond donors (Lipinski definition) is 0. The van der Waals surface area contributed by atoms with Gasteiger partial charge in [-0.3, -0.25) is 9.69 Å². The average molecular weight is 435 g/mol. The van der Waals surface area contributed by atoms with Crippen molar-refractivity contribution in [3.63, 3.8) is 0 Å².